The summed E-state index contributed by atoms with van der Waals surface area (Å²) >= 11 is 0. The summed E-state index contributed by atoms with van der Waals surface area (Å²) in [6, 6.07) is 0. The van der Waals surface area contributed by atoms with Crippen molar-refractivity contribution in [2.75, 3.05) is 6.61 Å². The molecule has 0 fully saturated rings. The van der Waals surface area contributed by atoms with Gasteiger partial charge in [0.25, 0.3) is 0 Å². The van der Waals surface area contributed by atoms with Crippen LogP contribution in [0.25, 0.3) is 0 Å². The van der Waals surface area contributed by atoms with Crippen LogP contribution in [-0.2, 0) is 4.74 Å². The number of rotatable bonds is 4. The second-order valence-corrected chi connectivity index (χ2v) is 1.69. The molecule has 1 heteroatoms. The molecule has 0 aliphatic heterocycles. The quantitative estimate of drug-likeness (QED) is 0.402. The summed E-state index contributed by atoms with van der Waals surface area (Å²) < 4.78 is 5.04. The third-order valence-corrected chi connectivity index (χ3v) is 0.848. The van der Waals surface area contributed by atoms with Gasteiger partial charge < -0.3 is 4.74 Å². The largest absolute Gasteiger partial charge is 0.502 e. The Morgan fingerprint density at radius 3 is 2.75 bits per heavy atom. The van der Waals surface area contributed by atoms with Crippen molar-refractivity contribution in [3.05, 3.63) is 12.3 Å². The van der Waals surface area contributed by atoms with Crippen LogP contribution in [0.2, 0.25) is 0 Å². The second-order valence-electron chi connectivity index (χ2n) is 1.69. The summed E-state index contributed by atoms with van der Waals surface area (Å²) in [5.41, 5.74) is 0. The first-order valence-corrected chi connectivity index (χ1v) is 3.14. The van der Waals surface area contributed by atoms with Gasteiger partial charge in [0.05, 0.1) is 12.9 Å². The van der Waals surface area contributed by atoms with E-state index >= 15 is 0 Å². The number of hydrogen-bond acceptors (Lipinski definition) is 1. The van der Waals surface area contributed by atoms with Crippen molar-refractivity contribution in [2.24, 2.45) is 0 Å². The molecule has 0 bridgehead atoms. The minimum atomic E-state index is 0.862. The van der Waals surface area contributed by atoms with E-state index in [-0.39, 0.29) is 0 Å². The molecule has 0 aromatic heterocycles. The summed E-state index contributed by atoms with van der Waals surface area (Å²) in [6.45, 7) is 4.96. The molecule has 0 radical (unpaired) electrons. The summed E-state index contributed by atoms with van der Waals surface area (Å²) in [7, 11) is 0. The van der Waals surface area contributed by atoms with Crippen molar-refractivity contribution < 1.29 is 4.74 Å². The summed E-state index contributed by atoms with van der Waals surface area (Å²) in [4.78, 5) is 0. The number of unbranched alkanes of at least 4 members (excludes halogenated alkanes) is 1. The lowest BCUT2D eigenvalue weighted by atomic mass is 10.4. The van der Waals surface area contributed by atoms with Gasteiger partial charge in [-0.15, -0.1) is 0 Å². The Morgan fingerprint density at radius 1 is 1.50 bits per heavy atom. The first-order chi connectivity index (χ1) is 3.91. The van der Waals surface area contributed by atoms with Gasteiger partial charge in [-0.05, 0) is 13.3 Å². The smallest absolute Gasteiger partial charge is 0.0873 e. The molecule has 0 spiro atoms. The fraction of sp³-hybridized carbons (Fsp3) is 0.714. The minimum Gasteiger partial charge on any atom is -0.502 e. The zero-order valence-electron chi connectivity index (χ0n) is 5.68. The standard InChI is InChI=1S/C7H14O/c1-3-5-7-8-6-4-2/h4,6H,3,5,7H2,1-2H3. The van der Waals surface area contributed by atoms with Crippen molar-refractivity contribution in [3.8, 4) is 0 Å². The van der Waals surface area contributed by atoms with E-state index in [1.165, 1.54) is 6.42 Å². The summed E-state index contributed by atoms with van der Waals surface area (Å²) in [5.74, 6) is 0. The van der Waals surface area contributed by atoms with Crippen LogP contribution < -0.4 is 0 Å². The topological polar surface area (TPSA) is 9.23 Å². The molecule has 0 amide bonds. The van der Waals surface area contributed by atoms with E-state index in [1.807, 2.05) is 13.0 Å². The SMILES string of the molecule is CC=COCCCC. The van der Waals surface area contributed by atoms with Crippen molar-refractivity contribution in [2.45, 2.75) is 26.7 Å². The Hall–Kier alpha value is -0.460. The third-order valence-electron chi connectivity index (χ3n) is 0.848. The van der Waals surface area contributed by atoms with Crippen molar-refractivity contribution in [1.29, 1.82) is 0 Å². The molecule has 0 saturated carbocycles. The van der Waals surface area contributed by atoms with E-state index in [4.69, 9.17) is 4.74 Å². The predicted molar refractivity (Wildman–Crippen MR) is 35.7 cm³/mol. The van der Waals surface area contributed by atoms with Crippen LogP contribution in [0.1, 0.15) is 26.7 Å². The third kappa shape index (κ3) is 5.54. The van der Waals surface area contributed by atoms with Gasteiger partial charge in [0.1, 0.15) is 0 Å². The maximum absolute atomic E-state index is 5.04. The van der Waals surface area contributed by atoms with Gasteiger partial charge in [-0.3, -0.25) is 0 Å². The van der Waals surface area contributed by atoms with E-state index in [1.54, 1.807) is 6.26 Å². The zero-order chi connectivity index (χ0) is 6.24. The molecule has 48 valence electrons. The lowest BCUT2D eigenvalue weighted by Crippen LogP contribution is -1.83. The molecule has 0 rings (SSSR count). The Morgan fingerprint density at radius 2 is 2.25 bits per heavy atom. The fourth-order valence-corrected chi connectivity index (χ4v) is 0.392. The van der Waals surface area contributed by atoms with Gasteiger partial charge in [-0.2, -0.15) is 0 Å². The molecule has 0 aromatic carbocycles. The predicted octanol–water partition coefficient (Wildman–Crippen LogP) is 2.34. The summed E-state index contributed by atoms with van der Waals surface area (Å²) in [6.07, 6.45) is 5.99. The molecule has 0 unspecified atom stereocenters. The minimum absolute atomic E-state index is 0.862. The number of ether oxygens (including phenoxy) is 1. The lowest BCUT2D eigenvalue weighted by molar-refractivity contribution is 0.243. The molecule has 0 atom stereocenters. The van der Waals surface area contributed by atoms with Crippen LogP contribution in [0.3, 0.4) is 0 Å². The molecule has 0 aliphatic carbocycles. The molecular formula is C7H14O. The van der Waals surface area contributed by atoms with Gasteiger partial charge in [-0.25, -0.2) is 0 Å². The first-order valence-electron chi connectivity index (χ1n) is 3.14. The van der Waals surface area contributed by atoms with Crippen LogP contribution in [0.15, 0.2) is 12.3 Å². The van der Waals surface area contributed by atoms with Crippen LogP contribution in [0, 0.1) is 0 Å². The van der Waals surface area contributed by atoms with Gasteiger partial charge in [0.15, 0.2) is 0 Å². The molecule has 8 heavy (non-hydrogen) atoms. The normalized spacial score (nSPS) is 10.2. The average Bonchev–Trinajstić information content (AvgIpc) is 1.81. The molecule has 0 saturated heterocycles. The zero-order valence-corrected chi connectivity index (χ0v) is 5.68. The Labute approximate surface area is 51.4 Å². The molecule has 0 N–H and O–H groups in total. The fourth-order valence-electron chi connectivity index (χ4n) is 0.392. The van der Waals surface area contributed by atoms with Crippen molar-refractivity contribution >= 4 is 0 Å². The van der Waals surface area contributed by atoms with E-state index in [0.29, 0.717) is 0 Å². The Bertz CT molecular complexity index is 57.4. The van der Waals surface area contributed by atoms with Crippen LogP contribution in [0.5, 0.6) is 0 Å². The molecule has 0 aromatic rings. The Balaban J connectivity index is 2.72. The molecular weight excluding hydrogens is 100 g/mol. The van der Waals surface area contributed by atoms with E-state index in [2.05, 4.69) is 6.92 Å². The average molecular weight is 114 g/mol. The molecule has 0 aliphatic rings. The van der Waals surface area contributed by atoms with Crippen LogP contribution in [-0.4, -0.2) is 6.61 Å². The van der Waals surface area contributed by atoms with E-state index in [9.17, 15) is 0 Å². The van der Waals surface area contributed by atoms with Gasteiger partial charge in [0, 0.05) is 0 Å². The summed E-state index contributed by atoms with van der Waals surface area (Å²) in [5, 5.41) is 0. The van der Waals surface area contributed by atoms with Crippen LogP contribution >= 0.6 is 0 Å². The molecule has 0 heterocycles. The first kappa shape index (κ1) is 7.54. The highest BCUT2D eigenvalue weighted by atomic mass is 16.5. The number of hydrogen-bond donors (Lipinski definition) is 0. The maximum Gasteiger partial charge on any atom is 0.0873 e. The highest BCUT2D eigenvalue weighted by molar-refractivity contribution is 4.64. The number of allylic oxidation sites excluding steroid dienone is 1. The Kier molecular flexibility index (Phi) is 6.16. The van der Waals surface area contributed by atoms with Gasteiger partial charge in [-0.1, -0.05) is 19.4 Å². The van der Waals surface area contributed by atoms with Gasteiger partial charge >= 0.3 is 0 Å². The highest BCUT2D eigenvalue weighted by Crippen LogP contribution is 1.87. The monoisotopic (exact) mass is 114 g/mol. The maximum atomic E-state index is 5.04. The second kappa shape index (κ2) is 6.54. The lowest BCUT2D eigenvalue weighted by Gasteiger charge is -1.94. The van der Waals surface area contributed by atoms with E-state index in [0.717, 1.165) is 13.0 Å². The highest BCUT2D eigenvalue weighted by Gasteiger charge is 1.77. The van der Waals surface area contributed by atoms with Crippen molar-refractivity contribution in [1.82, 2.24) is 0 Å². The van der Waals surface area contributed by atoms with Crippen molar-refractivity contribution in [3.63, 3.8) is 0 Å². The van der Waals surface area contributed by atoms with E-state index < -0.39 is 0 Å². The van der Waals surface area contributed by atoms with Gasteiger partial charge in [0.2, 0.25) is 0 Å². The van der Waals surface area contributed by atoms with Crippen LogP contribution in [0.4, 0.5) is 0 Å². The molecule has 1 nitrogen and oxygen atoms in total.